The van der Waals surface area contributed by atoms with Gasteiger partial charge in [-0.25, -0.2) is 0 Å². The van der Waals surface area contributed by atoms with Crippen LogP contribution in [0.15, 0.2) is 134 Å². The fourth-order valence-corrected chi connectivity index (χ4v) is 8.61. The maximum atomic E-state index is 12.9. The Labute approximate surface area is 481 Å². The molecule has 0 heterocycles. The second kappa shape index (κ2) is 65.1. The van der Waals surface area contributed by atoms with Crippen molar-refractivity contribution in [2.75, 3.05) is 13.2 Å². The summed E-state index contributed by atoms with van der Waals surface area (Å²) in [5.74, 6) is -0.930. The lowest BCUT2D eigenvalue weighted by Crippen LogP contribution is -2.30. The van der Waals surface area contributed by atoms with Crippen molar-refractivity contribution >= 4 is 17.9 Å². The molecule has 0 aromatic rings. The van der Waals surface area contributed by atoms with Gasteiger partial charge in [-0.15, -0.1) is 0 Å². The first-order chi connectivity index (χ1) is 38.5. The van der Waals surface area contributed by atoms with Gasteiger partial charge in [0.1, 0.15) is 13.2 Å². The molecule has 78 heavy (non-hydrogen) atoms. The van der Waals surface area contributed by atoms with Crippen LogP contribution in [0, 0.1) is 0 Å². The molecule has 0 bridgehead atoms. The van der Waals surface area contributed by atoms with Crippen LogP contribution in [0.3, 0.4) is 0 Å². The van der Waals surface area contributed by atoms with Crippen molar-refractivity contribution in [2.45, 2.75) is 290 Å². The van der Waals surface area contributed by atoms with Gasteiger partial charge in [-0.1, -0.05) is 264 Å². The Morgan fingerprint density at radius 3 is 0.795 bits per heavy atom. The van der Waals surface area contributed by atoms with Gasteiger partial charge < -0.3 is 14.2 Å². The molecular formula is C72H118O6. The summed E-state index contributed by atoms with van der Waals surface area (Å²) in [6.07, 6.45) is 91.7. The van der Waals surface area contributed by atoms with Crippen molar-refractivity contribution in [1.29, 1.82) is 0 Å². The van der Waals surface area contributed by atoms with Crippen molar-refractivity contribution in [3.8, 4) is 0 Å². The zero-order valence-electron chi connectivity index (χ0n) is 50.6. The minimum atomic E-state index is -0.801. The number of rotatable bonds is 57. The van der Waals surface area contributed by atoms with Crippen LogP contribution in [0.2, 0.25) is 0 Å². The predicted molar refractivity (Wildman–Crippen MR) is 339 cm³/mol. The molecule has 6 nitrogen and oxygen atoms in total. The molecule has 1 unspecified atom stereocenters. The molecule has 0 N–H and O–H groups in total. The first kappa shape index (κ1) is 73.5. The lowest BCUT2D eigenvalue weighted by Gasteiger charge is -2.18. The fourth-order valence-electron chi connectivity index (χ4n) is 8.61. The van der Waals surface area contributed by atoms with Gasteiger partial charge in [0.25, 0.3) is 0 Å². The molecule has 0 rings (SSSR count). The van der Waals surface area contributed by atoms with Crippen LogP contribution >= 0.6 is 0 Å². The zero-order valence-corrected chi connectivity index (χ0v) is 50.6. The summed E-state index contributed by atoms with van der Waals surface area (Å²) in [6, 6.07) is 0. The smallest absolute Gasteiger partial charge is 0.306 e. The average Bonchev–Trinajstić information content (AvgIpc) is 3.44. The first-order valence-electron chi connectivity index (χ1n) is 32.2. The highest BCUT2D eigenvalue weighted by Crippen LogP contribution is 2.15. The van der Waals surface area contributed by atoms with Crippen molar-refractivity contribution in [2.24, 2.45) is 0 Å². The molecule has 0 aliphatic rings. The van der Waals surface area contributed by atoms with E-state index in [1.807, 2.05) is 0 Å². The van der Waals surface area contributed by atoms with E-state index in [9.17, 15) is 14.4 Å². The lowest BCUT2D eigenvalue weighted by atomic mass is 10.1. The van der Waals surface area contributed by atoms with Crippen LogP contribution in [-0.4, -0.2) is 37.2 Å². The zero-order chi connectivity index (χ0) is 56.4. The van der Waals surface area contributed by atoms with E-state index >= 15 is 0 Å². The summed E-state index contributed by atoms with van der Waals surface area (Å²) in [6.45, 7) is 6.38. The Morgan fingerprint density at radius 1 is 0.269 bits per heavy atom. The van der Waals surface area contributed by atoms with E-state index in [0.717, 1.165) is 148 Å². The average molecular weight is 1080 g/mol. The van der Waals surface area contributed by atoms with Gasteiger partial charge in [-0.3, -0.25) is 14.4 Å². The summed E-state index contributed by atoms with van der Waals surface area (Å²) in [5, 5.41) is 0. The monoisotopic (exact) mass is 1080 g/mol. The number of ether oxygens (including phenoxy) is 3. The van der Waals surface area contributed by atoms with Crippen molar-refractivity contribution in [3.05, 3.63) is 134 Å². The molecule has 0 spiro atoms. The summed E-state index contributed by atoms with van der Waals surface area (Å²) in [5.41, 5.74) is 0. The third-order valence-corrected chi connectivity index (χ3v) is 13.4. The van der Waals surface area contributed by atoms with Crippen LogP contribution in [-0.2, 0) is 28.6 Å². The molecule has 0 aliphatic heterocycles. The molecule has 1 atom stereocenters. The minimum Gasteiger partial charge on any atom is -0.462 e. The molecule has 0 fully saturated rings. The Kier molecular flexibility index (Phi) is 61.4. The van der Waals surface area contributed by atoms with E-state index in [4.69, 9.17) is 14.2 Å². The second-order valence-electron chi connectivity index (χ2n) is 20.9. The quantitative estimate of drug-likeness (QED) is 0.0261. The third-order valence-electron chi connectivity index (χ3n) is 13.4. The van der Waals surface area contributed by atoms with Gasteiger partial charge in [-0.2, -0.15) is 0 Å². The van der Waals surface area contributed by atoms with Gasteiger partial charge in [0, 0.05) is 19.3 Å². The highest BCUT2D eigenvalue weighted by molar-refractivity contribution is 5.71. The van der Waals surface area contributed by atoms with E-state index in [-0.39, 0.29) is 31.1 Å². The lowest BCUT2D eigenvalue weighted by molar-refractivity contribution is -0.167. The first-order valence-corrected chi connectivity index (χ1v) is 32.2. The number of hydrogen-bond donors (Lipinski definition) is 0. The minimum absolute atomic E-state index is 0.0958. The van der Waals surface area contributed by atoms with Crippen LogP contribution in [0.5, 0.6) is 0 Å². The van der Waals surface area contributed by atoms with E-state index in [1.54, 1.807) is 0 Å². The molecule has 0 aliphatic carbocycles. The highest BCUT2D eigenvalue weighted by atomic mass is 16.6. The maximum absolute atomic E-state index is 12.9. The SMILES string of the molecule is CC/C=C\C/C=C\C/C=C\C/C=C\C/C=C\C/C=C\CCCCCCCCCCCCC(=O)OCC(COC(=O)CCCCCCC/C=C\CCCCCCC)OC(=O)CCCCCC/C=C\C/C=C\C/C=C\C/C=C\CC. The van der Waals surface area contributed by atoms with Crippen LogP contribution in [0.1, 0.15) is 284 Å². The number of esters is 3. The van der Waals surface area contributed by atoms with Gasteiger partial charge in [-0.05, 0) is 135 Å². The Hall–Kier alpha value is -4.45. The van der Waals surface area contributed by atoms with E-state index in [0.29, 0.717) is 19.3 Å². The van der Waals surface area contributed by atoms with Crippen LogP contribution in [0.4, 0.5) is 0 Å². The normalized spacial score (nSPS) is 13.0. The number of carbonyl (C=O) groups excluding carboxylic acids is 3. The largest absolute Gasteiger partial charge is 0.462 e. The summed E-state index contributed by atoms with van der Waals surface area (Å²) >= 11 is 0. The molecule has 0 aromatic carbocycles. The van der Waals surface area contributed by atoms with E-state index in [2.05, 4.69) is 154 Å². The third kappa shape index (κ3) is 62.4. The van der Waals surface area contributed by atoms with Gasteiger partial charge in [0.15, 0.2) is 6.10 Å². The molecule has 442 valence electrons. The molecule has 0 saturated carbocycles. The topological polar surface area (TPSA) is 78.9 Å². The van der Waals surface area contributed by atoms with Crippen LogP contribution < -0.4 is 0 Å². The number of hydrogen-bond acceptors (Lipinski definition) is 6. The summed E-state index contributed by atoms with van der Waals surface area (Å²) < 4.78 is 16.9. The second-order valence-corrected chi connectivity index (χ2v) is 20.9. The van der Waals surface area contributed by atoms with Gasteiger partial charge >= 0.3 is 17.9 Å². The van der Waals surface area contributed by atoms with Gasteiger partial charge in [0.2, 0.25) is 0 Å². The number of unbranched alkanes of at least 4 members (excludes halogenated alkanes) is 24. The molecule has 0 amide bonds. The predicted octanol–water partition coefficient (Wildman–Crippen LogP) is 22.2. The summed E-state index contributed by atoms with van der Waals surface area (Å²) in [7, 11) is 0. The number of allylic oxidation sites excluding steroid dienone is 22. The summed E-state index contributed by atoms with van der Waals surface area (Å²) in [4.78, 5) is 38.3. The van der Waals surface area contributed by atoms with Crippen LogP contribution in [0.25, 0.3) is 0 Å². The van der Waals surface area contributed by atoms with Crippen molar-refractivity contribution in [1.82, 2.24) is 0 Å². The van der Waals surface area contributed by atoms with Gasteiger partial charge in [0.05, 0.1) is 0 Å². The molecule has 0 aromatic heterocycles. The molecular weight excluding hydrogens is 961 g/mol. The van der Waals surface area contributed by atoms with Crippen molar-refractivity contribution < 1.29 is 28.6 Å². The standard InChI is InChI=1S/C72H118O6/c1-4-7-10-13-16-19-22-25-28-30-31-32-33-34-35-36-37-38-39-40-41-43-44-47-50-53-56-59-62-65-71(74)77-68-69(67-76-70(73)64-61-58-55-52-49-46-27-24-21-18-15-12-9-6-3)78-72(75)66-63-60-57-54-51-48-45-42-29-26-23-20-17-14-11-8-5-2/h7-8,10-11,16-17,19-20,24-29,31-32,34-35,37-38,45,48,69H,4-6,9,12-15,18,21-23,30,33,36,39-44,46-47,49-68H2,1-3H3/b10-7-,11-8-,19-16-,20-17-,27-24-,28-25-,29-26-,32-31-,35-34-,38-37-,48-45-. The molecule has 0 radical (unpaired) electrons. The maximum Gasteiger partial charge on any atom is 0.306 e. The Bertz CT molecular complexity index is 1670. The van der Waals surface area contributed by atoms with E-state index < -0.39 is 6.10 Å². The Balaban J connectivity index is 4.35. The fraction of sp³-hybridized carbons (Fsp3) is 0.653. The molecule has 0 saturated heterocycles. The molecule has 6 heteroatoms. The highest BCUT2D eigenvalue weighted by Gasteiger charge is 2.19. The number of carbonyl (C=O) groups is 3. The van der Waals surface area contributed by atoms with E-state index in [1.165, 1.54) is 96.3 Å². The Morgan fingerprint density at radius 2 is 0.500 bits per heavy atom. The van der Waals surface area contributed by atoms with Crippen molar-refractivity contribution in [3.63, 3.8) is 0 Å².